The fourth-order valence-electron chi connectivity index (χ4n) is 2.81. The lowest BCUT2D eigenvalue weighted by atomic mass is 10.0. The van der Waals surface area contributed by atoms with Gasteiger partial charge in [0, 0.05) is 11.6 Å². The van der Waals surface area contributed by atoms with Crippen molar-refractivity contribution in [1.82, 2.24) is 25.1 Å². The average molecular weight is 364 g/mol. The van der Waals surface area contributed by atoms with E-state index in [-0.39, 0.29) is 12.1 Å². The highest BCUT2D eigenvalue weighted by Gasteiger charge is 2.34. The predicted molar refractivity (Wildman–Crippen MR) is 93.7 cm³/mol. The zero-order valence-electron chi connectivity index (χ0n) is 14.6. The number of aromatic nitrogens is 4. The number of amides is 1. The number of tetrazole rings is 1. The van der Waals surface area contributed by atoms with Crippen LogP contribution in [0.1, 0.15) is 51.9 Å². The molecule has 1 fully saturated rings. The van der Waals surface area contributed by atoms with Crippen molar-refractivity contribution in [3.05, 3.63) is 35.1 Å². The van der Waals surface area contributed by atoms with Crippen molar-refractivity contribution in [3.63, 3.8) is 0 Å². The Kier molecular flexibility index (Phi) is 4.94. The third kappa shape index (κ3) is 4.28. The second-order valence-corrected chi connectivity index (χ2v) is 7.54. The van der Waals surface area contributed by atoms with Crippen LogP contribution in [-0.2, 0) is 4.74 Å². The van der Waals surface area contributed by atoms with Gasteiger partial charge >= 0.3 is 6.09 Å². The smallest absolute Gasteiger partial charge is 0.410 e. The molecule has 1 aliphatic heterocycles. The molecule has 1 aromatic heterocycles. The maximum atomic E-state index is 12.5. The van der Waals surface area contributed by atoms with E-state index in [1.807, 2.05) is 32.9 Å². The van der Waals surface area contributed by atoms with Gasteiger partial charge in [-0.05, 0) is 63.4 Å². The SMILES string of the molecule is CC(C)(C)OC(=O)N1CCCC[C@H]1c1nnn(-c2cccc(Cl)c2)n1. The highest BCUT2D eigenvalue weighted by molar-refractivity contribution is 6.30. The summed E-state index contributed by atoms with van der Waals surface area (Å²) in [5.41, 5.74) is 0.191. The second-order valence-electron chi connectivity index (χ2n) is 7.10. The average Bonchev–Trinajstić information content (AvgIpc) is 3.03. The van der Waals surface area contributed by atoms with Gasteiger partial charge in [0.1, 0.15) is 5.60 Å². The summed E-state index contributed by atoms with van der Waals surface area (Å²) in [5.74, 6) is 0.519. The molecule has 1 atom stereocenters. The molecule has 1 aromatic carbocycles. The molecule has 0 N–H and O–H groups in total. The topological polar surface area (TPSA) is 73.1 Å². The Balaban J connectivity index is 1.82. The first-order chi connectivity index (χ1) is 11.8. The van der Waals surface area contributed by atoms with Crippen LogP contribution < -0.4 is 0 Å². The van der Waals surface area contributed by atoms with E-state index < -0.39 is 5.60 Å². The van der Waals surface area contributed by atoms with Gasteiger partial charge in [-0.2, -0.15) is 0 Å². The maximum Gasteiger partial charge on any atom is 0.410 e. The fourth-order valence-corrected chi connectivity index (χ4v) is 2.99. The second kappa shape index (κ2) is 7.00. The van der Waals surface area contributed by atoms with Gasteiger partial charge in [0.2, 0.25) is 0 Å². The summed E-state index contributed by atoms with van der Waals surface area (Å²) in [6.45, 7) is 6.21. The number of carbonyl (C=O) groups is 1. The van der Waals surface area contributed by atoms with Crippen LogP contribution in [0.4, 0.5) is 4.79 Å². The van der Waals surface area contributed by atoms with E-state index >= 15 is 0 Å². The van der Waals surface area contributed by atoms with Crippen LogP contribution in [0.2, 0.25) is 5.02 Å². The van der Waals surface area contributed by atoms with Crippen molar-refractivity contribution < 1.29 is 9.53 Å². The van der Waals surface area contributed by atoms with Gasteiger partial charge in [-0.15, -0.1) is 15.0 Å². The summed E-state index contributed by atoms with van der Waals surface area (Å²) in [5, 5.41) is 13.3. The molecule has 0 saturated carbocycles. The summed E-state index contributed by atoms with van der Waals surface area (Å²) in [6.07, 6.45) is 2.41. The fraction of sp³-hybridized carbons (Fsp3) is 0.529. The molecule has 8 heteroatoms. The van der Waals surface area contributed by atoms with Crippen LogP contribution in [0.25, 0.3) is 5.69 Å². The summed E-state index contributed by atoms with van der Waals surface area (Å²) >= 11 is 6.02. The van der Waals surface area contributed by atoms with Crippen LogP contribution >= 0.6 is 11.6 Å². The number of halogens is 1. The number of hydrogen-bond donors (Lipinski definition) is 0. The largest absolute Gasteiger partial charge is 0.444 e. The van der Waals surface area contributed by atoms with Crippen LogP contribution in [0.3, 0.4) is 0 Å². The molecule has 2 heterocycles. The van der Waals surface area contributed by atoms with Crippen LogP contribution in [0, 0.1) is 0 Å². The number of hydrogen-bond acceptors (Lipinski definition) is 5. The Morgan fingerprint density at radius 3 is 2.84 bits per heavy atom. The van der Waals surface area contributed by atoms with E-state index in [1.165, 1.54) is 4.80 Å². The molecule has 134 valence electrons. The maximum absolute atomic E-state index is 12.5. The number of nitrogens with zero attached hydrogens (tertiary/aromatic N) is 5. The van der Waals surface area contributed by atoms with Crippen molar-refractivity contribution in [3.8, 4) is 5.69 Å². The number of carbonyl (C=O) groups excluding carboxylic acids is 1. The summed E-state index contributed by atoms with van der Waals surface area (Å²) in [4.78, 5) is 15.7. The van der Waals surface area contributed by atoms with Crippen molar-refractivity contribution in [2.45, 2.75) is 51.7 Å². The Labute approximate surface area is 151 Å². The number of ether oxygens (including phenoxy) is 1. The van der Waals surface area contributed by atoms with Crippen molar-refractivity contribution in [2.24, 2.45) is 0 Å². The molecule has 0 radical (unpaired) electrons. The van der Waals surface area contributed by atoms with E-state index in [0.717, 1.165) is 24.9 Å². The van der Waals surface area contributed by atoms with Crippen molar-refractivity contribution in [1.29, 1.82) is 0 Å². The Morgan fingerprint density at radius 2 is 2.12 bits per heavy atom. The zero-order valence-corrected chi connectivity index (χ0v) is 15.4. The molecule has 25 heavy (non-hydrogen) atoms. The van der Waals surface area contributed by atoms with E-state index in [9.17, 15) is 4.79 Å². The van der Waals surface area contributed by atoms with Gasteiger partial charge in [-0.3, -0.25) is 4.90 Å². The lowest BCUT2D eigenvalue weighted by Crippen LogP contribution is -2.42. The minimum absolute atomic E-state index is 0.225. The van der Waals surface area contributed by atoms with E-state index in [4.69, 9.17) is 16.3 Å². The molecule has 2 aromatic rings. The van der Waals surface area contributed by atoms with Crippen LogP contribution in [0.15, 0.2) is 24.3 Å². The quantitative estimate of drug-likeness (QED) is 0.811. The summed E-state index contributed by atoms with van der Waals surface area (Å²) in [7, 11) is 0. The molecule has 1 saturated heterocycles. The Hall–Kier alpha value is -2.15. The van der Waals surface area contributed by atoms with Gasteiger partial charge in [-0.25, -0.2) is 4.79 Å². The lowest BCUT2D eigenvalue weighted by molar-refractivity contribution is 0.00843. The van der Waals surface area contributed by atoms with Gasteiger partial charge in [0.05, 0.1) is 11.7 Å². The Morgan fingerprint density at radius 1 is 1.32 bits per heavy atom. The highest BCUT2D eigenvalue weighted by Crippen LogP contribution is 2.30. The third-order valence-corrected chi connectivity index (χ3v) is 4.13. The molecule has 7 nitrogen and oxygen atoms in total. The minimum atomic E-state index is -0.537. The van der Waals surface area contributed by atoms with Gasteiger partial charge in [0.15, 0.2) is 5.82 Å². The van der Waals surface area contributed by atoms with Crippen molar-refractivity contribution >= 4 is 17.7 Å². The van der Waals surface area contributed by atoms with Crippen LogP contribution in [0.5, 0.6) is 0 Å². The number of piperidine rings is 1. The molecule has 0 aliphatic carbocycles. The molecule has 1 aliphatic rings. The third-order valence-electron chi connectivity index (χ3n) is 3.90. The summed E-state index contributed by atoms with van der Waals surface area (Å²) < 4.78 is 5.52. The minimum Gasteiger partial charge on any atom is -0.444 e. The molecule has 3 rings (SSSR count). The van der Waals surface area contributed by atoms with E-state index in [2.05, 4.69) is 15.4 Å². The first-order valence-corrected chi connectivity index (χ1v) is 8.77. The van der Waals surface area contributed by atoms with Gasteiger partial charge < -0.3 is 4.74 Å². The van der Waals surface area contributed by atoms with Crippen LogP contribution in [-0.4, -0.2) is 43.3 Å². The Bertz CT molecular complexity index is 755. The lowest BCUT2D eigenvalue weighted by Gasteiger charge is -2.35. The molecule has 0 unspecified atom stereocenters. The first kappa shape index (κ1) is 17.7. The standard InChI is InChI=1S/C17H22ClN5O2/c1-17(2,3)25-16(24)22-10-5-4-9-14(22)15-19-21-23(20-15)13-8-6-7-12(18)11-13/h6-8,11,14H,4-5,9-10H2,1-3H3/t14-/m0/s1. The van der Waals surface area contributed by atoms with Gasteiger partial charge in [-0.1, -0.05) is 17.7 Å². The number of likely N-dealkylation sites (tertiary alicyclic amines) is 1. The van der Waals surface area contributed by atoms with E-state index in [1.54, 1.807) is 17.0 Å². The zero-order chi connectivity index (χ0) is 18.0. The monoisotopic (exact) mass is 363 g/mol. The molecular weight excluding hydrogens is 342 g/mol. The van der Waals surface area contributed by atoms with Crippen molar-refractivity contribution in [2.75, 3.05) is 6.54 Å². The highest BCUT2D eigenvalue weighted by atomic mass is 35.5. The molecule has 0 spiro atoms. The number of rotatable bonds is 2. The number of benzene rings is 1. The summed E-state index contributed by atoms with van der Waals surface area (Å²) in [6, 6.07) is 7.00. The normalized spacial score (nSPS) is 18.2. The molecular formula is C17H22ClN5O2. The van der Waals surface area contributed by atoms with Gasteiger partial charge in [0.25, 0.3) is 0 Å². The molecule has 1 amide bonds. The first-order valence-electron chi connectivity index (χ1n) is 8.39. The van der Waals surface area contributed by atoms with E-state index in [0.29, 0.717) is 17.4 Å². The predicted octanol–water partition coefficient (Wildman–Crippen LogP) is 3.78. The molecule has 0 bridgehead atoms.